The normalized spacial score (nSPS) is 10.6. The van der Waals surface area contributed by atoms with Gasteiger partial charge in [-0.3, -0.25) is 9.59 Å². The van der Waals surface area contributed by atoms with Crippen molar-refractivity contribution in [2.75, 3.05) is 18.5 Å². The third kappa shape index (κ3) is 4.41. The lowest BCUT2D eigenvalue weighted by Gasteiger charge is -2.08. The lowest BCUT2D eigenvalue weighted by Crippen LogP contribution is -2.22. The molecule has 0 radical (unpaired) electrons. The van der Waals surface area contributed by atoms with E-state index in [1.165, 1.54) is 11.3 Å². The van der Waals surface area contributed by atoms with Crippen molar-refractivity contribution >= 4 is 45.2 Å². The van der Waals surface area contributed by atoms with Gasteiger partial charge in [-0.25, -0.2) is 9.59 Å². The van der Waals surface area contributed by atoms with Crippen LogP contribution in [0.4, 0.5) is 5.00 Å². The van der Waals surface area contributed by atoms with Crippen LogP contribution in [0, 0.1) is 13.8 Å². The number of nitrogens with one attached hydrogen (secondary N) is 1. The van der Waals surface area contributed by atoms with Crippen molar-refractivity contribution in [3.05, 3.63) is 62.3 Å². The molecule has 0 unspecified atom stereocenters. The maximum Gasteiger partial charge on any atom is 0.374 e. The SMILES string of the molecule is CCOC(=O)c1c(NC(=O)COC(=O)c2cc(=O)c3ccccc3o2)sc(C)c1C. The molecule has 0 atom stereocenters. The minimum atomic E-state index is -0.947. The van der Waals surface area contributed by atoms with Crippen molar-refractivity contribution in [3.63, 3.8) is 0 Å². The van der Waals surface area contributed by atoms with Gasteiger partial charge in [0.15, 0.2) is 12.0 Å². The van der Waals surface area contributed by atoms with Gasteiger partial charge in [0.05, 0.1) is 17.6 Å². The molecule has 9 heteroatoms. The van der Waals surface area contributed by atoms with Gasteiger partial charge in [-0.15, -0.1) is 11.3 Å². The number of thiophene rings is 1. The van der Waals surface area contributed by atoms with Crippen LogP contribution in [0.15, 0.2) is 39.5 Å². The predicted molar refractivity (Wildman–Crippen MR) is 111 cm³/mol. The van der Waals surface area contributed by atoms with Crippen molar-refractivity contribution in [1.82, 2.24) is 0 Å². The first-order valence-corrected chi connectivity index (χ1v) is 9.90. The summed E-state index contributed by atoms with van der Waals surface area (Å²) in [6, 6.07) is 7.50. The topological polar surface area (TPSA) is 112 Å². The number of rotatable bonds is 6. The lowest BCUT2D eigenvalue weighted by molar-refractivity contribution is -0.119. The summed E-state index contributed by atoms with van der Waals surface area (Å²) in [5.74, 6) is -2.43. The number of aryl methyl sites for hydroxylation is 1. The van der Waals surface area contributed by atoms with Crippen molar-refractivity contribution < 1.29 is 28.3 Å². The molecule has 1 aromatic carbocycles. The molecular formula is C21H19NO7S. The Morgan fingerprint density at radius 2 is 1.83 bits per heavy atom. The highest BCUT2D eigenvalue weighted by molar-refractivity contribution is 7.16. The third-order valence-corrected chi connectivity index (χ3v) is 5.41. The number of hydrogen-bond donors (Lipinski definition) is 1. The molecule has 3 aromatic rings. The molecule has 0 aliphatic rings. The molecule has 3 rings (SSSR count). The van der Waals surface area contributed by atoms with E-state index in [9.17, 15) is 19.2 Å². The van der Waals surface area contributed by atoms with Gasteiger partial charge in [0.1, 0.15) is 10.6 Å². The highest BCUT2D eigenvalue weighted by Crippen LogP contribution is 2.33. The number of hydrogen-bond acceptors (Lipinski definition) is 8. The van der Waals surface area contributed by atoms with Gasteiger partial charge in [-0.2, -0.15) is 0 Å². The van der Waals surface area contributed by atoms with E-state index in [1.807, 2.05) is 6.92 Å². The van der Waals surface area contributed by atoms with E-state index >= 15 is 0 Å². The highest BCUT2D eigenvalue weighted by atomic mass is 32.1. The molecule has 0 fully saturated rings. The quantitative estimate of drug-likeness (QED) is 0.597. The molecule has 156 valence electrons. The van der Waals surface area contributed by atoms with Gasteiger partial charge in [0.25, 0.3) is 5.91 Å². The van der Waals surface area contributed by atoms with Crippen LogP contribution >= 0.6 is 11.3 Å². The second-order valence-corrected chi connectivity index (χ2v) is 7.53. The van der Waals surface area contributed by atoms with E-state index in [1.54, 1.807) is 38.1 Å². The first kappa shape index (κ1) is 21.3. The molecule has 0 spiro atoms. The van der Waals surface area contributed by atoms with Crippen LogP contribution in [-0.2, 0) is 14.3 Å². The summed E-state index contributed by atoms with van der Waals surface area (Å²) in [6.45, 7) is 4.85. The molecule has 0 aliphatic heterocycles. The maximum absolute atomic E-state index is 12.3. The Morgan fingerprint density at radius 3 is 2.57 bits per heavy atom. The number of esters is 2. The lowest BCUT2D eigenvalue weighted by atomic mass is 10.1. The number of para-hydroxylation sites is 1. The summed E-state index contributed by atoms with van der Waals surface area (Å²) in [6.07, 6.45) is 0. The molecule has 0 saturated carbocycles. The van der Waals surface area contributed by atoms with E-state index in [2.05, 4.69) is 5.32 Å². The van der Waals surface area contributed by atoms with Crippen LogP contribution in [0.5, 0.6) is 0 Å². The molecule has 2 heterocycles. The second-order valence-electron chi connectivity index (χ2n) is 6.30. The summed E-state index contributed by atoms with van der Waals surface area (Å²) < 4.78 is 15.4. The van der Waals surface area contributed by atoms with Crippen molar-refractivity contribution in [2.24, 2.45) is 0 Å². The Morgan fingerprint density at radius 1 is 1.10 bits per heavy atom. The molecule has 0 saturated heterocycles. The fourth-order valence-electron chi connectivity index (χ4n) is 2.73. The van der Waals surface area contributed by atoms with Crippen LogP contribution in [0.1, 0.15) is 38.3 Å². The van der Waals surface area contributed by atoms with Gasteiger partial charge in [0.2, 0.25) is 5.76 Å². The largest absolute Gasteiger partial charge is 0.462 e. The molecule has 0 bridgehead atoms. The molecule has 8 nitrogen and oxygen atoms in total. The number of ether oxygens (including phenoxy) is 2. The predicted octanol–water partition coefficient (Wildman–Crippen LogP) is 3.44. The van der Waals surface area contributed by atoms with Crippen LogP contribution in [0.2, 0.25) is 0 Å². The van der Waals surface area contributed by atoms with Crippen molar-refractivity contribution in [1.29, 1.82) is 0 Å². The van der Waals surface area contributed by atoms with E-state index in [-0.39, 0.29) is 23.5 Å². The van der Waals surface area contributed by atoms with E-state index in [0.717, 1.165) is 10.9 Å². The van der Waals surface area contributed by atoms with Crippen LogP contribution in [0.25, 0.3) is 11.0 Å². The third-order valence-electron chi connectivity index (χ3n) is 4.29. The number of fused-ring (bicyclic) bond motifs is 1. The Balaban J connectivity index is 1.70. The number of benzene rings is 1. The van der Waals surface area contributed by atoms with Gasteiger partial charge in [-0.1, -0.05) is 12.1 Å². The second kappa shape index (κ2) is 8.91. The Labute approximate surface area is 175 Å². The standard InChI is InChI=1S/C21H19NO7S/c1-4-27-21(26)18-11(2)12(3)30-19(18)22-17(24)10-28-20(25)16-9-14(23)13-7-5-6-8-15(13)29-16/h5-9H,4,10H2,1-3H3,(H,22,24). The zero-order valence-electron chi connectivity index (χ0n) is 16.6. The zero-order valence-corrected chi connectivity index (χ0v) is 17.4. The molecular weight excluding hydrogens is 410 g/mol. The fourth-order valence-corrected chi connectivity index (χ4v) is 3.80. The van der Waals surface area contributed by atoms with Crippen LogP contribution < -0.4 is 10.7 Å². The summed E-state index contributed by atoms with van der Waals surface area (Å²) in [4.78, 5) is 49.6. The van der Waals surface area contributed by atoms with Gasteiger partial charge in [0, 0.05) is 10.9 Å². The maximum atomic E-state index is 12.3. The minimum Gasteiger partial charge on any atom is -0.462 e. The number of carbonyl (C=O) groups excluding carboxylic acids is 3. The van der Waals surface area contributed by atoms with Gasteiger partial charge in [-0.05, 0) is 38.5 Å². The fraction of sp³-hybridized carbons (Fsp3) is 0.238. The molecule has 2 aromatic heterocycles. The van der Waals surface area contributed by atoms with Crippen molar-refractivity contribution in [3.8, 4) is 0 Å². The summed E-state index contributed by atoms with van der Waals surface area (Å²) in [5, 5.41) is 3.22. The van der Waals surface area contributed by atoms with E-state index in [4.69, 9.17) is 13.9 Å². The highest BCUT2D eigenvalue weighted by Gasteiger charge is 2.23. The Kier molecular flexibility index (Phi) is 6.31. The molecule has 0 aliphatic carbocycles. The Hall–Kier alpha value is -3.46. The monoisotopic (exact) mass is 429 g/mol. The van der Waals surface area contributed by atoms with E-state index < -0.39 is 29.9 Å². The average Bonchev–Trinajstić information content (AvgIpc) is 2.99. The molecule has 30 heavy (non-hydrogen) atoms. The van der Waals surface area contributed by atoms with Crippen LogP contribution in [0.3, 0.4) is 0 Å². The summed E-state index contributed by atoms with van der Waals surface area (Å²) in [7, 11) is 0. The molecule has 1 amide bonds. The van der Waals surface area contributed by atoms with Gasteiger partial charge >= 0.3 is 11.9 Å². The smallest absolute Gasteiger partial charge is 0.374 e. The molecule has 1 N–H and O–H groups in total. The summed E-state index contributed by atoms with van der Waals surface area (Å²) >= 11 is 1.22. The first-order valence-electron chi connectivity index (χ1n) is 9.08. The number of amides is 1. The van der Waals surface area contributed by atoms with E-state index in [0.29, 0.717) is 16.0 Å². The van der Waals surface area contributed by atoms with Crippen LogP contribution in [-0.4, -0.2) is 31.1 Å². The number of carbonyl (C=O) groups is 3. The summed E-state index contributed by atoms with van der Waals surface area (Å²) in [5.41, 5.74) is 0.838. The van der Waals surface area contributed by atoms with Crippen molar-refractivity contribution in [2.45, 2.75) is 20.8 Å². The van der Waals surface area contributed by atoms with Gasteiger partial charge < -0.3 is 19.2 Å². The first-order chi connectivity index (χ1) is 14.3. The average molecular weight is 429 g/mol. The number of anilines is 1. The Bertz CT molecular complexity index is 1190. The zero-order chi connectivity index (χ0) is 21.8. The minimum absolute atomic E-state index is 0.203.